The molecule has 5 unspecified atom stereocenters. The fourth-order valence-corrected chi connectivity index (χ4v) is 9.81. The molecule has 23 heavy (non-hydrogen) atoms. The van der Waals surface area contributed by atoms with Crippen molar-refractivity contribution in [3.8, 4) is 0 Å². The molecule has 1 aliphatic carbocycles. The van der Waals surface area contributed by atoms with Crippen LogP contribution in [0, 0.1) is 17.8 Å². The zero-order valence-corrected chi connectivity index (χ0v) is 16.4. The summed E-state index contributed by atoms with van der Waals surface area (Å²) in [6.07, 6.45) is 7.39. The number of thioether (sulfide) groups is 1. The number of aliphatic carboxylic acids is 1. The van der Waals surface area contributed by atoms with Crippen LogP contribution in [0.1, 0.15) is 72.1 Å². The summed E-state index contributed by atoms with van der Waals surface area (Å²) in [6.45, 7) is 6.89. The number of unbranched alkanes of at least 4 members (excludes halogenated alkanes) is 1. The van der Waals surface area contributed by atoms with Crippen molar-refractivity contribution in [3.63, 3.8) is 0 Å². The van der Waals surface area contributed by atoms with Gasteiger partial charge < -0.3 is 5.11 Å². The largest absolute Gasteiger partial charge is 0.481 e. The second-order valence-corrected chi connectivity index (χ2v) is 11.4. The number of carboxylic acid groups (broad SMARTS) is 1. The van der Waals surface area contributed by atoms with Crippen molar-refractivity contribution in [1.82, 2.24) is 0 Å². The van der Waals surface area contributed by atoms with E-state index in [-0.39, 0.29) is 15.7 Å². The van der Waals surface area contributed by atoms with Crippen LogP contribution in [0.4, 0.5) is 0 Å². The molecule has 1 saturated carbocycles. The average molecular weight is 361 g/mol. The van der Waals surface area contributed by atoms with E-state index in [4.69, 9.17) is 5.11 Å². The van der Waals surface area contributed by atoms with Gasteiger partial charge >= 0.3 is 5.97 Å². The van der Waals surface area contributed by atoms with Crippen molar-refractivity contribution in [2.45, 2.75) is 81.5 Å². The van der Waals surface area contributed by atoms with Crippen molar-refractivity contribution in [2.24, 2.45) is 17.8 Å². The maximum Gasteiger partial charge on any atom is 0.303 e. The summed E-state index contributed by atoms with van der Waals surface area (Å²) in [4.78, 5) is 10.6. The average Bonchev–Trinajstić information content (AvgIpc) is 2.47. The van der Waals surface area contributed by atoms with E-state index in [2.05, 4.69) is 20.8 Å². The first-order valence-electron chi connectivity index (χ1n) is 9.13. The lowest BCUT2D eigenvalue weighted by molar-refractivity contribution is -0.137. The van der Waals surface area contributed by atoms with Crippen molar-refractivity contribution >= 4 is 28.5 Å². The SMILES string of the molecule is CC1CCC(C(C)C)C2(C1)SCCC(CCCCC(=O)O)S2=O. The molecule has 0 aromatic heterocycles. The Morgan fingerprint density at radius 3 is 2.70 bits per heavy atom. The van der Waals surface area contributed by atoms with Crippen molar-refractivity contribution < 1.29 is 14.1 Å². The summed E-state index contributed by atoms with van der Waals surface area (Å²) in [6, 6.07) is 0. The molecule has 0 bridgehead atoms. The van der Waals surface area contributed by atoms with Gasteiger partial charge in [-0.2, -0.15) is 0 Å². The molecule has 1 spiro atoms. The number of hydrogen-bond acceptors (Lipinski definition) is 3. The fraction of sp³-hybridized carbons (Fsp3) is 0.944. The van der Waals surface area contributed by atoms with E-state index in [9.17, 15) is 9.00 Å². The molecule has 0 aromatic carbocycles. The van der Waals surface area contributed by atoms with Crippen molar-refractivity contribution in [3.05, 3.63) is 0 Å². The highest BCUT2D eigenvalue weighted by molar-refractivity contribution is 8.13. The highest BCUT2D eigenvalue weighted by Gasteiger charge is 2.52. The zero-order valence-electron chi connectivity index (χ0n) is 14.8. The first kappa shape index (κ1) is 19.3. The Labute approximate surface area is 147 Å². The third-order valence-electron chi connectivity index (χ3n) is 5.57. The summed E-state index contributed by atoms with van der Waals surface area (Å²) in [5, 5.41) is 9.04. The van der Waals surface area contributed by atoms with Gasteiger partial charge in [0.2, 0.25) is 0 Å². The van der Waals surface area contributed by atoms with E-state index in [1.807, 2.05) is 11.8 Å². The van der Waals surface area contributed by atoms with Crippen LogP contribution in [-0.2, 0) is 15.6 Å². The fourth-order valence-electron chi connectivity index (χ4n) is 4.37. The Morgan fingerprint density at radius 1 is 1.30 bits per heavy atom. The normalized spacial score (nSPS) is 38.1. The molecule has 1 saturated heterocycles. The number of carboxylic acids is 1. The quantitative estimate of drug-likeness (QED) is 0.699. The maximum atomic E-state index is 13.5. The maximum absolute atomic E-state index is 13.5. The molecule has 2 rings (SSSR count). The molecule has 5 heteroatoms. The van der Waals surface area contributed by atoms with Gasteiger partial charge in [-0.3, -0.25) is 9.00 Å². The van der Waals surface area contributed by atoms with Crippen LogP contribution in [0.15, 0.2) is 0 Å². The molecule has 3 nitrogen and oxygen atoms in total. The topological polar surface area (TPSA) is 54.4 Å². The van der Waals surface area contributed by atoms with E-state index >= 15 is 0 Å². The first-order chi connectivity index (χ1) is 10.9. The molecule has 2 aliphatic rings. The molecular weight excluding hydrogens is 328 g/mol. The Kier molecular flexibility index (Phi) is 7.02. The highest BCUT2D eigenvalue weighted by atomic mass is 32.2. The Balaban J connectivity index is 2.05. The number of carbonyl (C=O) groups is 1. The molecule has 2 fully saturated rings. The molecule has 1 aliphatic heterocycles. The number of hydrogen-bond donors (Lipinski definition) is 1. The summed E-state index contributed by atoms with van der Waals surface area (Å²) in [5.74, 6) is 2.22. The molecule has 134 valence electrons. The third kappa shape index (κ3) is 4.53. The van der Waals surface area contributed by atoms with Gasteiger partial charge in [0.1, 0.15) is 0 Å². The monoisotopic (exact) mass is 360 g/mol. The molecule has 0 aromatic rings. The molecule has 0 radical (unpaired) electrons. The van der Waals surface area contributed by atoms with Gasteiger partial charge in [-0.15, -0.1) is 11.8 Å². The van der Waals surface area contributed by atoms with Gasteiger partial charge in [-0.25, -0.2) is 0 Å². The van der Waals surface area contributed by atoms with E-state index in [0.29, 0.717) is 24.2 Å². The molecule has 1 N–H and O–H groups in total. The van der Waals surface area contributed by atoms with Gasteiger partial charge in [0.15, 0.2) is 0 Å². The van der Waals surface area contributed by atoms with Crippen LogP contribution in [0.3, 0.4) is 0 Å². The van der Waals surface area contributed by atoms with Gasteiger partial charge in [0, 0.05) is 22.5 Å². The van der Waals surface area contributed by atoms with E-state index in [1.54, 1.807) is 0 Å². The van der Waals surface area contributed by atoms with Crippen LogP contribution in [0.5, 0.6) is 0 Å². The highest BCUT2D eigenvalue weighted by Crippen LogP contribution is 2.55. The van der Waals surface area contributed by atoms with Gasteiger partial charge in [0.05, 0.1) is 4.08 Å². The van der Waals surface area contributed by atoms with Crippen LogP contribution >= 0.6 is 11.8 Å². The van der Waals surface area contributed by atoms with Crippen molar-refractivity contribution in [2.75, 3.05) is 5.75 Å². The molecule has 1 heterocycles. The second-order valence-electron chi connectivity index (χ2n) is 7.75. The summed E-state index contributed by atoms with van der Waals surface area (Å²) in [7, 11) is -0.793. The summed E-state index contributed by atoms with van der Waals surface area (Å²) in [5.41, 5.74) is 0. The minimum Gasteiger partial charge on any atom is -0.481 e. The van der Waals surface area contributed by atoms with E-state index < -0.39 is 16.8 Å². The lowest BCUT2D eigenvalue weighted by Crippen LogP contribution is -2.51. The predicted octanol–water partition coefficient (Wildman–Crippen LogP) is 4.67. The Morgan fingerprint density at radius 2 is 2.04 bits per heavy atom. The number of rotatable bonds is 6. The third-order valence-corrected chi connectivity index (χ3v) is 10.0. The zero-order chi connectivity index (χ0) is 17.0. The first-order valence-corrected chi connectivity index (χ1v) is 11.3. The van der Waals surface area contributed by atoms with Crippen molar-refractivity contribution in [1.29, 1.82) is 0 Å². The van der Waals surface area contributed by atoms with E-state index in [1.165, 1.54) is 12.8 Å². The Bertz CT molecular complexity index is 438. The minimum absolute atomic E-state index is 0.0401. The summed E-state index contributed by atoms with van der Waals surface area (Å²) >= 11 is 1.99. The lowest BCUT2D eigenvalue weighted by Gasteiger charge is -2.50. The summed E-state index contributed by atoms with van der Waals surface area (Å²) < 4.78 is 13.4. The standard InChI is InChI=1S/C18H32O3S2/c1-13(2)16-9-8-14(3)12-18(16)22-11-10-15(23(18)21)6-4-5-7-17(19)20/h13-16H,4-12H2,1-3H3,(H,19,20). The van der Waals surface area contributed by atoms with E-state index in [0.717, 1.165) is 31.4 Å². The van der Waals surface area contributed by atoms with Crippen LogP contribution < -0.4 is 0 Å². The van der Waals surface area contributed by atoms with Gasteiger partial charge in [-0.1, -0.05) is 33.6 Å². The van der Waals surface area contributed by atoms with Gasteiger partial charge in [0.25, 0.3) is 0 Å². The van der Waals surface area contributed by atoms with Crippen LogP contribution in [0.2, 0.25) is 0 Å². The molecular formula is C18H32O3S2. The Hall–Kier alpha value is -0.0300. The minimum atomic E-state index is -0.793. The van der Waals surface area contributed by atoms with Gasteiger partial charge in [-0.05, 0) is 55.6 Å². The lowest BCUT2D eigenvalue weighted by atomic mass is 9.76. The second kappa shape index (κ2) is 8.37. The molecule has 0 amide bonds. The van der Waals surface area contributed by atoms with Crippen LogP contribution in [0.25, 0.3) is 0 Å². The molecule has 5 atom stereocenters. The predicted molar refractivity (Wildman–Crippen MR) is 99.2 cm³/mol. The smallest absolute Gasteiger partial charge is 0.303 e. The van der Waals surface area contributed by atoms with Crippen LogP contribution in [-0.4, -0.2) is 30.4 Å².